The average molecular weight is 313 g/mol. The van der Waals surface area contributed by atoms with E-state index in [2.05, 4.69) is 55.0 Å². The van der Waals surface area contributed by atoms with E-state index < -0.39 is 0 Å². The second-order valence-electron chi connectivity index (χ2n) is 7.36. The standard InChI is InChI=1S/C19H27N3O/c1-19(2,3)22-18(13-16(14-23)20-22)15-7-9-17(10-8-15)21-11-5-4-6-12-21/h7-10,13,23H,4-6,11-12,14H2,1-3H3. The van der Waals surface area contributed by atoms with Crippen molar-refractivity contribution in [3.05, 3.63) is 36.0 Å². The Morgan fingerprint density at radius 1 is 1.04 bits per heavy atom. The fourth-order valence-corrected chi connectivity index (χ4v) is 3.22. The van der Waals surface area contributed by atoms with Crippen LogP contribution in [0.2, 0.25) is 0 Å². The first kappa shape index (κ1) is 16.1. The van der Waals surface area contributed by atoms with Crippen LogP contribution in [0.5, 0.6) is 0 Å². The number of aromatic nitrogens is 2. The van der Waals surface area contributed by atoms with E-state index in [9.17, 15) is 5.11 Å². The van der Waals surface area contributed by atoms with Gasteiger partial charge in [0.1, 0.15) is 0 Å². The van der Waals surface area contributed by atoms with Crippen molar-refractivity contribution in [2.24, 2.45) is 0 Å². The highest BCUT2D eigenvalue weighted by Gasteiger charge is 2.20. The molecule has 0 bridgehead atoms. The van der Waals surface area contributed by atoms with Crippen LogP contribution in [0, 0.1) is 0 Å². The van der Waals surface area contributed by atoms with Crippen LogP contribution in [-0.2, 0) is 12.1 Å². The van der Waals surface area contributed by atoms with E-state index in [0.29, 0.717) is 0 Å². The molecule has 1 aliphatic rings. The Kier molecular flexibility index (Phi) is 4.44. The molecule has 23 heavy (non-hydrogen) atoms. The molecule has 0 atom stereocenters. The molecule has 4 nitrogen and oxygen atoms in total. The summed E-state index contributed by atoms with van der Waals surface area (Å²) in [4.78, 5) is 2.47. The summed E-state index contributed by atoms with van der Waals surface area (Å²) in [6.45, 7) is 8.69. The third-order valence-electron chi connectivity index (χ3n) is 4.44. The van der Waals surface area contributed by atoms with Crippen LogP contribution in [0.25, 0.3) is 11.3 Å². The topological polar surface area (TPSA) is 41.3 Å². The summed E-state index contributed by atoms with van der Waals surface area (Å²) in [6.07, 6.45) is 3.93. The molecule has 1 N–H and O–H groups in total. The van der Waals surface area contributed by atoms with E-state index >= 15 is 0 Å². The second kappa shape index (κ2) is 6.36. The van der Waals surface area contributed by atoms with E-state index in [1.165, 1.54) is 24.9 Å². The zero-order chi connectivity index (χ0) is 16.4. The fraction of sp³-hybridized carbons (Fsp3) is 0.526. The normalized spacial score (nSPS) is 15.9. The molecular formula is C19H27N3O. The van der Waals surface area contributed by atoms with Crippen molar-refractivity contribution in [3.8, 4) is 11.3 Å². The van der Waals surface area contributed by atoms with E-state index in [-0.39, 0.29) is 12.1 Å². The monoisotopic (exact) mass is 313 g/mol. The minimum atomic E-state index is -0.117. The molecule has 1 fully saturated rings. The molecule has 0 radical (unpaired) electrons. The van der Waals surface area contributed by atoms with Crippen LogP contribution < -0.4 is 4.90 Å². The van der Waals surface area contributed by atoms with Crippen molar-refractivity contribution in [3.63, 3.8) is 0 Å². The summed E-state index contributed by atoms with van der Waals surface area (Å²) in [7, 11) is 0. The Morgan fingerprint density at radius 2 is 1.70 bits per heavy atom. The van der Waals surface area contributed by atoms with Gasteiger partial charge >= 0.3 is 0 Å². The molecule has 1 saturated heterocycles. The number of anilines is 1. The largest absolute Gasteiger partial charge is 0.390 e. The summed E-state index contributed by atoms with van der Waals surface area (Å²) in [5.41, 5.74) is 4.11. The zero-order valence-electron chi connectivity index (χ0n) is 14.4. The third-order valence-corrected chi connectivity index (χ3v) is 4.44. The Bertz CT molecular complexity index is 646. The first-order chi connectivity index (χ1) is 11.0. The molecule has 2 heterocycles. The van der Waals surface area contributed by atoms with Crippen LogP contribution in [-0.4, -0.2) is 28.0 Å². The highest BCUT2D eigenvalue weighted by atomic mass is 16.3. The molecule has 2 aromatic rings. The SMILES string of the molecule is CC(C)(C)n1nc(CO)cc1-c1ccc(N2CCCCC2)cc1. The molecule has 0 saturated carbocycles. The van der Waals surface area contributed by atoms with Crippen LogP contribution >= 0.6 is 0 Å². The average Bonchev–Trinajstić information content (AvgIpc) is 3.01. The summed E-state index contributed by atoms with van der Waals surface area (Å²) in [5.74, 6) is 0. The number of aliphatic hydroxyl groups excluding tert-OH is 1. The van der Waals surface area contributed by atoms with Crippen molar-refractivity contribution in [2.45, 2.75) is 52.2 Å². The molecule has 1 aromatic carbocycles. The molecule has 4 heteroatoms. The van der Waals surface area contributed by atoms with Gasteiger partial charge in [-0.05, 0) is 63.8 Å². The van der Waals surface area contributed by atoms with Gasteiger partial charge in [-0.1, -0.05) is 12.1 Å². The lowest BCUT2D eigenvalue weighted by atomic mass is 10.1. The number of benzene rings is 1. The maximum Gasteiger partial charge on any atom is 0.0885 e. The van der Waals surface area contributed by atoms with Gasteiger partial charge in [-0.3, -0.25) is 4.68 Å². The molecule has 1 aromatic heterocycles. The number of hydrogen-bond donors (Lipinski definition) is 1. The number of hydrogen-bond acceptors (Lipinski definition) is 3. The maximum atomic E-state index is 9.42. The van der Waals surface area contributed by atoms with E-state index in [0.717, 1.165) is 30.0 Å². The van der Waals surface area contributed by atoms with E-state index in [4.69, 9.17) is 0 Å². The third kappa shape index (κ3) is 3.42. The molecule has 0 amide bonds. The van der Waals surface area contributed by atoms with Crippen molar-refractivity contribution >= 4 is 5.69 Å². The molecule has 0 spiro atoms. The first-order valence-corrected chi connectivity index (χ1v) is 8.55. The molecule has 0 unspecified atom stereocenters. The fourth-order valence-electron chi connectivity index (χ4n) is 3.22. The van der Waals surface area contributed by atoms with Gasteiger partial charge in [-0.2, -0.15) is 5.10 Å². The lowest BCUT2D eigenvalue weighted by molar-refractivity contribution is 0.270. The minimum Gasteiger partial charge on any atom is -0.390 e. The molecular weight excluding hydrogens is 286 g/mol. The first-order valence-electron chi connectivity index (χ1n) is 8.55. The maximum absolute atomic E-state index is 9.42. The Morgan fingerprint density at radius 3 is 2.26 bits per heavy atom. The summed E-state index contributed by atoms with van der Waals surface area (Å²) in [5, 5.41) is 14.0. The lowest BCUT2D eigenvalue weighted by Crippen LogP contribution is -2.29. The highest BCUT2D eigenvalue weighted by Crippen LogP contribution is 2.29. The Balaban J connectivity index is 1.91. The van der Waals surface area contributed by atoms with Crippen LogP contribution in [0.15, 0.2) is 30.3 Å². The van der Waals surface area contributed by atoms with Crippen LogP contribution in [0.4, 0.5) is 5.69 Å². The number of nitrogens with zero attached hydrogens (tertiary/aromatic N) is 3. The lowest BCUT2D eigenvalue weighted by Gasteiger charge is -2.29. The van der Waals surface area contributed by atoms with Gasteiger partial charge in [0.05, 0.1) is 23.5 Å². The van der Waals surface area contributed by atoms with E-state index in [1.54, 1.807) is 0 Å². The summed E-state index contributed by atoms with van der Waals surface area (Å²) in [6, 6.07) is 10.7. The van der Waals surface area contributed by atoms with Gasteiger partial charge in [0.15, 0.2) is 0 Å². The predicted octanol–water partition coefficient (Wildman–Crippen LogP) is 3.79. The highest BCUT2D eigenvalue weighted by molar-refractivity contribution is 5.64. The van der Waals surface area contributed by atoms with E-state index in [1.807, 2.05) is 10.7 Å². The van der Waals surface area contributed by atoms with Crippen molar-refractivity contribution in [2.75, 3.05) is 18.0 Å². The Labute approximate surface area is 138 Å². The van der Waals surface area contributed by atoms with Crippen molar-refractivity contribution in [1.82, 2.24) is 9.78 Å². The number of aliphatic hydroxyl groups is 1. The van der Waals surface area contributed by atoms with Gasteiger partial charge in [0, 0.05) is 18.8 Å². The van der Waals surface area contributed by atoms with Crippen molar-refractivity contribution in [1.29, 1.82) is 0 Å². The van der Waals surface area contributed by atoms with Gasteiger partial charge < -0.3 is 10.0 Å². The van der Waals surface area contributed by atoms with Crippen LogP contribution in [0.1, 0.15) is 45.7 Å². The molecule has 124 valence electrons. The summed E-state index contributed by atoms with van der Waals surface area (Å²) < 4.78 is 2.01. The second-order valence-corrected chi connectivity index (χ2v) is 7.36. The smallest absolute Gasteiger partial charge is 0.0885 e. The van der Waals surface area contributed by atoms with Gasteiger partial charge in [-0.25, -0.2) is 0 Å². The molecule has 0 aliphatic carbocycles. The van der Waals surface area contributed by atoms with Gasteiger partial charge in [0.25, 0.3) is 0 Å². The van der Waals surface area contributed by atoms with Crippen molar-refractivity contribution < 1.29 is 5.11 Å². The predicted molar refractivity (Wildman–Crippen MR) is 94.6 cm³/mol. The number of piperidine rings is 1. The quantitative estimate of drug-likeness (QED) is 0.937. The van der Waals surface area contributed by atoms with Crippen LogP contribution in [0.3, 0.4) is 0 Å². The molecule has 1 aliphatic heterocycles. The van der Waals surface area contributed by atoms with Gasteiger partial charge in [-0.15, -0.1) is 0 Å². The summed E-state index contributed by atoms with van der Waals surface area (Å²) >= 11 is 0. The number of rotatable bonds is 3. The minimum absolute atomic E-state index is 0.0259. The molecule has 3 rings (SSSR count). The van der Waals surface area contributed by atoms with Gasteiger partial charge in [0.2, 0.25) is 0 Å². The Hall–Kier alpha value is -1.81. The zero-order valence-corrected chi connectivity index (χ0v) is 14.4.